The van der Waals surface area contributed by atoms with Crippen molar-refractivity contribution >= 4 is 5.91 Å². The molecule has 5 heteroatoms. The molecular weight excluding hydrogens is 314 g/mol. The second-order valence-corrected chi connectivity index (χ2v) is 7.84. The van der Waals surface area contributed by atoms with Gasteiger partial charge in [0.1, 0.15) is 5.82 Å². The molecule has 0 spiro atoms. The van der Waals surface area contributed by atoms with E-state index in [0.717, 1.165) is 31.0 Å². The first-order valence-corrected chi connectivity index (χ1v) is 9.90. The highest BCUT2D eigenvalue weighted by atomic mass is 16.2. The monoisotopic (exact) mass is 345 g/mol. The number of H-pyrrole nitrogens is 1. The summed E-state index contributed by atoms with van der Waals surface area (Å²) in [5, 5.41) is 0. The number of aromatic amines is 1. The number of carbonyl (C=O) groups excluding carboxylic acids is 1. The van der Waals surface area contributed by atoms with Gasteiger partial charge in [0.25, 0.3) is 5.56 Å². The number of rotatable bonds is 5. The van der Waals surface area contributed by atoms with Crippen LogP contribution in [0.4, 0.5) is 0 Å². The van der Waals surface area contributed by atoms with Crippen LogP contribution in [0.3, 0.4) is 0 Å². The number of nitrogens with one attached hydrogen (secondary N) is 1. The van der Waals surface area contributed by atoms with Crippen molar-refractivity contribution in [3.8, 4) is 0 Å². The van der Waals surface area contributed by atoms with Gasteiger partial charge in [0.2, 0.25) is 5.91 Å². The molecule has 1 amide bonds. The summed E-state index contributed by atoms with van der Waals surface area (Å²) in [5.74, 6) is 1.64. The maximum atomic E-state index is 12.8. The molecule has 1 aliphatic heterocycles. The maximum absolute atomic E-state index is 12.8. The van der Waals surface area contributed by atoms with Crippen LogP contribution in [0.25, 0.3) is 0 Å². The summed E-state index contributed by atoms with van der Waals surface area (Å²) in [6.45, 7) is 4.52. The standard InChI is InChI=1S/C20H31N3O2/c1-14-18(20(25)22-15(2)21-14)10-11-19(24)23-12-6-9-17(23)13-16-7-4-3-5-8-16/h16-17H,3-13H2,1-2H3,(H,21,22,25)/t17-/m0/s1. The van der Waals surface area contributed by atoms with Crippen molar-refractivity contribution in [2.75, 3.05) is 6.54 Å². The lowest BCUT2D eigenvalue weighted by atomic mass is 9.84. The van der Waals surface area contributed by atoms with Gasteiger partial charge >= 0.3 is 0 Å². The van der Waals surface area contributed by atoms with E-state index in [9.17, 15) is 9.59 Å². The van der Waals surface area contributed by atoms with E-state index < -0.39 is 0 Å². The zero-order valence-electron chi connectivity index (χ0n) is 15.6. The normalized spacial score (nSPS) is 21.7. The van der Waals surface area contributed by atoms with Crippen molar-refractivity contribution in [2.24, 2.45) is 5.92 Å². The van der Waals surface area contributed by atoms with Gasteiger partial charge in [-0.15, -0.1) is 0 Å². The first kappa shape index (κ1) is 18.2. The number of carbonyl (C=O) groups is 1. The summed E-state index contributed by atoms with van der Waals surface area (Å²) < 4.78 is 0. The third-order valence-corrected chi connectivity index (χ3v) is 5.96. The summed E-state index contributed by atoms with van der Waals surface area (Å²) in [4.78, 5) is 34.0. The quantitative estimate of drug-likeness (QED) is 0.890. The predicted molar refractivity (Wildman–Crippen MR) is 98.6 cm³/mol. The Morgan fingerprint density at radius 1 is 1.16 bits per heavy atom. The molecule has 1 atom stereocenters. The van der Waals surface area contributed by atoms with Crippen molar-refractivity contribution in [1.29, 1.82) is 0 Å². The first-order valence-electron chi connectivity index (χ1n) is 9.90. The van der Waals surface area contributed by atoms with Gasteiger partial charge < -0.3 is 9.88 Å². The molecule has 25 heavy (non-hydrogen) atoms. The van der Waals surface area contributed by atoms with Crippen LogP contribution in [0.5, 0.6) is 0 Å². The number of nitrogens with zero attached hydrogens (tertiary/aromatic N) is 2. The molecule has 5 nitrogen and oxygen atoms in total. The third kappa shape index (κ3) is 4.50. The molecular formula is C20H31N3O2. The molecule has 1 aliphatic carbocycles. The lowest BCUT2D eigenvalue weighted by Crippen LogP contribution is -2.37. The Labute approximate surface area is 150 Å². The lowest BCUT2D eigenvalue weighted by Gasteiger charge is -2.30. The molecule has 3 rings (SSSR count). The Morgan fingerprint density at radius 2 is 1.92 bits per heavy atom. The van der Waals surface area contributed by atoms with Gasteiger partial charge in [0.15, 0.2) is 0 Å². The van der Waals surface area contributed by atoms with Crippen molar-refractivity contribution in [2.45, 2.75) is 84.1 Å². The highest BCUT2D eigenvalue weighted by Crippen LogP contribution is 2.32. The summed E-state index contributed by atoms with van der Waals surface area (Å²) in [6, 6.07) is 0.422. The fourth-order valence-corrected chi connectivity index (χ4v) is 4.64. The van der Waals surface area contributed by atoms with Gasteiger partial charge in [0, 0.05) is 30.3 Å². The molecule has 0 bridgehead atoms. The van der Waals surface area contributed by atoms with Crippen molar-refractivity contribution in [3.63, 3.8) is 0 Å². The Bertz CT molecular complexity index is 661. The van der Waals surface area contributed by atoms with E-state index >= 15 is 0 Å². The molecule has 138 valence electrons. The van der Waals surface area contributed by atoms with Gasteiger partial charge in [-0.2, -0.15) is 0 Å². The van der Waals surface area contributed by atoms with Crippen LogP contribution < -0.4 is 5.56 Å². The van der Waals surface area contributed by atoms with Gasteiger partial charge in [0.05, 0.1) is 0 Å². The minimum absolute atomic E-state index is 0.0991. The van der Waals surface area contributed by atoms with Crippen LogP contribution in [0, 0.1) is 19.8 Å². The molecule has 2 heterocycles. The second-order valence-electron chi connectivity index (χ2n) is 7.84. The summed E-state index contributed by atoms with van der Waals surface area (Å²) in [7, 11) is 0. The van der Waals surface area contributed by atoms with E-state index in [-0.39, 0.29) is 11.5 Å². The number of hydrogen-bond donors (Lipinski definition) is 1. The van der Waals surface area contributed by atoms with Crippen LogP contribution in [0.2, 0.25) is 0 Å². The van der Waals surface area contributed by atoms with E-state index in [2.05, 4.69) is 14.9 Å². The smallest absolute Gasteiger partial charge is 0.254 e. The molecule has 1 saturated carbocycles. The van der Waals surface area contributed by atoms with E-state index in [1.807, 2.05) is 6.92 Å². The average Bonchev–Trinajstić information content (AvgIpc) is 3.03. The number of hydrogen-bond acceptors (Lipinski definition) is 3. The highest BCUT2D eigenvalue weighted by molar-refractivity contribution is 5.77. The van der Waals surface area contributed by atoms with Gasteiger partial charge in [-0.05, 0) is 45.4 Å². The highest BCUT2D eigenvalue weighted by Gasteiger charge is 2.30. The molecule has 2 fully saturated rings. The van der Waals surface area contributed by atoms with Crippen LogP contribution >= 0.6 is 0 Å². The number of amides is 1. The number of aryl methyl sites for hydroxylation is 2. The molecule has 0 unspecified atom stereocenters. The van der Waals surface area contributed by atoms with E-state index in [1.165, 1.54) is 38.5 Å². The number of likely N-dealkylation sites (tertiary alicyclic amines) is 1. The van der Waals surface area contributed by atoms with Crippen molar-refractivity contribution < 1.29 is 4.79 Å². The predicted octanol–water partition coefficient (Wildman–Crippen LogP) is 3.28. The number of aromatic nitrogens is 2. The molecule has 2 aliphatic rings. The topological polar surface area (TPSA) is 66.1 Å². The average molecular weight is 345 g/mol. The molecule has 1 aromatic heterocycles. The van der Waals surface area contributed by atoms with Crippen molar-refractivity contribution in [3.05, 3.63) is 27.4 Å². The molecule has 0 aromatic carbocycles. The van der Waals surface area contributed by atoms with E-state index in [0.29, 0.717) is 30.3 Å². The fourth-order valence-electron chi connectivity index (χ4n) is 4.64. The zero-order chi connectivity index (χ0) is 17.8. The van der Waals surface area contributed by atoms with Crippen LogP contribution in [-0.2, 0) is 11.2 Å². The first-order chi connectivity index (χ1) is 12.0. The summed E-state index contributed by atoms with van der Waals surface area (Å²) >= 11 is 0. The summed E-state index contributed by atoms with van der Waals surface area (Å²) in [6.07, 6.45) is 11.1. The zero-order valence-corrected chi connectivity index (χ0v) is 15.6. The van der Waals surface area contributed by atoms with E-state index in [1.54, 1.807) is 6.92 Å². The minimum Gasteiger partial charge on any atom is -0.340 e. The Hall–Kier alpha value is -1.65. The third-order valence-electron chi connectivity index (χ3n) is 5.96. The Balaban J connectivity index is 1.57. The summed E-state index contributed by atoms with van der Waals surface area (Å²) in [5.41, 5.74) is 1.30. The van der Waals surface area contributed by atoms with Crippen LogP contribution in [0.1, 0.15) is 74.9 Å². The van der Waals surface area contributed by atoms with Gasteiger partial charge in [-0.25, -0.2) is 4.98 Å². The molecule has 0 radical (unpaired) electrons. The van der Waals surface area contributed by atoms with E-state index in [4.69, 9.17) is 0 Å². The lowest BCUT2D eigenvalue weighted by molar-refractivity contribution is -0.132. The maximum Gasteiger partial charge on any atom is 0.254 e. The Morgan fingerprint density at radius 3 is 2.64 bits per heavy atom. The van der Waals surface area contributed by atoms with Crippen LogP contribution in [0.15, 0.2) is 4.79 Å². The fraction of sp³-hybridized carbons (Fsp3) is 0.750. The second kappa shape index (κ2) is 8.15. The van der Waals surface area contributed by atoms with Crippen molar-refractivity contribution in [1.82, 2.24) is 14.9 Å². The minimum atomic E-state index is -0.0991. The molecule has 1 aromatic rings. The SMILES string of the molecule is Cc1nc(C)c(CCC(=O)N2CCC[C@H]2CC2CCCCC2)c(=O)[nH]1. The molecule has 1 saturated heterocycles. The van der Waals surface area contributed by atoms with Gasteiger partial charge in [-0.1, -0.05) is 32.1 Å². The Kier molecular flexibility index (Phi) is 5.92. The van der Waals surface area contributed by atoms with Crippen LogP contribution in [-0.4, -0.2) is 33.4 Å². The largest absolute Gasteiger partial charge is 0.340 e. The molecule has 1 N–H and O–H groups in total. The van der Waals surface area contributed by atoms with Gasteiger partial charge in [-0.3, -0.25) is 9.59 Å².